The van der Waals surface area contributed by atoms with Gasteiger partial charge in [-0.3, -0.25) is 9.59 Å². The molecule has 1 unspecified atom stereocenters. The molecule has 3 nitrogen and oxygen atoms in total. The van der Waals surface area contributed by atoms with Gasteiger partial charge in [-0.2, -0.15) is 0 Å². The lowest BCUT2D eigenvalue weighted by Gasteiger charge is -2.27. The van der Waals surface area contributed by atoms with Crippen LogP contribution in [0.1, 0.15) is 104 Å². The average molecular weight is 369 g/mol. The second kappa shape index (κ2) is 14.7. The van der Waals surface area contributed by atoms with Crippen LogP contribution < -0.4 is 0 Å². The lowest BCUT2D eigenvalue weighted by atomic mass is 10.0. The van der Waals surface area contributed by atoms with Gasteiger partial charge in [0.2, 0.25) is 0 Å². The maximum Gasteiger partial charge on any atom is 0.194 e. The zero-order chi connectivity index (χ0) is 18.3. The van der Waals surface area contributed by atoms with E-state index in [4.69, 9.17) is 4.43 Å². The molecule has 0 aromatic rings. The van der Waals surface area contributed by atoms with E-state index in [0.717, 1.165) is 51.2 Å². The molecule has 0 spiro atoms. The standard InChI is InChI=1S/C21H40O3Si/c1-3-5-7-9-11-15-19(22)21(25-18-14-13-17-24-25)20(23)16-12-10-8-6-4-2/h21,25H,3-18H2,1-2H3. The number of hydrogen-bond donors (Lipinski definition) is 0. The van der Waals surface area contributed by atoms with Crippen LogP contribution >= 0.6 is 0 Å². The molecule has 4 heteroatoms. The van der Waals surface area contributed by atoms with E-state index in [1.807, 2.05) is 0 Å². The first-order valence-electron chi connectivity index (χ1n) is 10.9. The summed E-state index contributed by atoms with van der Waals surface area (Å²) in [4.78, 5) is 25.6. The minimum Gasteiger partial charge on any atom is -0.419 e. The Morgan fingerprint density at radius 3 is 1.76 bits per heavy atom. The molecule has 1 rings (SSSR count). The normalized spacial score (nSPS) is 17.8. The van der Waals surface area contributed by atoms with E-state index in [2.05, 4.69) is 13.8 Å². The van der Waals surface area contributed by atoms with Gasteiger partial charge >= 0.3 is 0 Å². The molecule has 1 fully saturated rings. The van der Waals surface area contributed by atoms with Crippen molar-refractivity contribution in [3.05, 3.63) is 0 Å². The Hall–Kier alpha value is -0.483. The van der Waals surface area contributed by atoms with Gasteiger partial charge in [-0.15, -0.1) is 0 Å². The molecule has 0 radical (unpaired) electrons. The Kier molecular flexibility index (Phi) is 13.2. The Balaban J connectivity index is 2.47. The van der Waals surface area contributed by atoms with Crippen molar-refractivity contribution in [1.82, 2.24) is 0 Å². The molecule has 1 aliphatic heterocycles. The van der Waals surface area contributed by atoms with Crippen molar-refractivity contribution >= 4 is 20.6 Å². The van der Waals surface area contributed by atoms with Gasteiger partial charge in [-0.05, 0) is 25.3 Å². The molecule has 146 valence electrons. The Bertz CT molecular complexity index is 338. The van der Waals surface area contributed by atoms with Crippen molar-refractivity contribution in [3.63, 3.8) is 0 Å². The van der Waals surface area contributed by atoms with Crippen LogP contribution in [0, 0.1) is 0 Å². The molecule has 0 N–H and O–H groups in total. The summed E-state index contributed by atoms with van der Waals surface area (Å²) in [7, 11) is -1.69. The topological polar surface area (TPSA) is 43.4 Å². The van der Waals surface area contributed by atoms with Crippen molar-refractivity contribution in [2.24, 2.45) is 0 Å². The van der Waals surface area contributed by atoms with Gasteiger partial charge in [-0.1, -0.05) is 71.6 Å². The molecule has 0 saturated carbocycles. The number of unbranched alkanes of at least 4 members (excludes halogenated alkanes) is 8. The van der Waals surface area contributed by atoms with E-state index >= 15 is 0 Å². The van der Waals surface area contributed by atoms with Crippen molar-refractivity contribution < 1.29 is 14.0 Å². The largest absolute Gasteiger partial charge is 0.419 e. The van der Waals surface area contributed by atoms with Crippen LogP contribution in [0.5, 0.6) is 0 Å². The van der Waals surface area contributed by atoms with E-state index < -0.39 is 9.04 Å². The first kappa shape index (κ1) is 22.6. The third-order valence-electron chi connectivity index (χ3n) is 5.33. The van der Waals surface area contributed by atoms with Crippen molar-refractivity contribution in [2.75, 3.05) is 6.61 Å². The molecule has 25 heavy (non-hydrogen) atoms. The highest BCUT2D eigenvalue weighted by Crippen LogP contribution is 2.27. The van der Waals surface area contributed by atoms with E-state index in [9.17, 15) is 9.59 Å². The summed E-state index contributed by atoms with van der Waals surface area (Å²) in [5.41, 5.74) is -0.349. The number of rotatable bonds is 15. The minimum absolute atomic E-state index is 0.202. The first-order valence-corrected chi connectivity index (χ1v) is 12.8. The van der Waals surface area contributed by atoms with E-state index in [1.54, 1.807) is 0 Å². The highest BCUT2D eigenvalue weighted by atomic mass is 28.3. The Morgan fingerprint density at radius 2 is 1.32 bits per heavy atom. The fourth-order valence-electron chi connectivity index (χ4n) is 3.74. The van der Waals surface area contributed by atoms with Crippen LogP contribution in [0.3, 0.4) is 0 Å². The van der Waals surface area contributed by atoms with E-state index in [-0.39, 0.29) is 17.1 Å². The third kappa shape index (κ3) is 9.69. The lowest BCUT2D eigenvalue weighted by molar-refractivity contribution is -0.127. The average Bonchev–Trinajstić information content (AvgIpc) is 2.62. The monoisotopic (exact) mass is 368 g/mol. The summed E-state index contributed by atoms with van der Waals surface area (Å²) in [6.45, 7) is 5.17. The van der Waals surface area contributed by atoms with Gasteiger partial charge in [0.25, 0.3) is 0 Å². The fraction of sp³-hybridized carbons (Fsp3) is 0.905. The van der Waals surface area contributed by atoms with Crippen LogP contribution in [0.4, 0.5) is 0 Å². The molecule has 1 heterocycles. The van der Waals surface area contributed by atoms with Gasteiger partial charge < -0.3 is 4.43 Å². The van der Waals surface area contributed by atoms with E-state index in [0.29, 0.717) is 12.8 Å². The molecule has 0 bridgehead atoms. The maximum atomic E-state index is 12.8. The zero-order valence-corrected chi connectivity index (χ0v) is 17.8. The number of Topliss-reactive ketones (excluding diaryl/α,β-unsaturated/α-hetero) is 2. The van der Waals surface area contributed by atoms with Gasteiger partial charge in [-0.25, -0.2) is 0 Å². The van der Waals surface area contributed by atoms with Crippen LogP contribution in [0.2, 0.25) is 11.6 Å². The molecule has 0 aromatic carbocycles. The van der Waals surface area contributed by atoms with Gasteiger partial charge in [0.1, 0.15) is 11.6 Å². The summed E-state index contributed by atoms with van der Waals surface area (Å²) in [6, 6.07) is 1.01. The number of ketones is 2. The molecule has 1 saturated heterocycles. The summed E-state index contributed by atoms with van der Waals surface area (Å²) in [5.74, 6) is 0.405. The highest BCUT2D eigenvalue weighted by molar-refractivity contribution is 6.64. The van der Waals surface area contributed by atoms with Crippen LogP contribution in [-0.4, -0.2) is 27.2 Å². The first-order chi connectivity index (χ1) is 12.2. The van der Waals surface area contributed by atoms with Gasteiger partial charge in [0.05, 0.1) is 5.54 Å². The predicted molar refractivity (Wildman–Crippen MR) is 108 cm³/mol. The number of carbonyl (C=O) groups is 2. The summed E-state index contributed by atoms with van der Waals surface area (Å²) < 4.78 is 5.97. The molecule has 0 aromatic heterocycles. The van der Waals surface area contributed by atoms with Gasteiger partial charge in [0.15, 0.2) is 9.04 Å². The second-order valence-corrected chi connectivity index (χ2v) is 10.3. The second-order valence-electron chi connectivity index (χ2n) is 7.64. The SMILES string of the molecule is CCCCCCCC(=O)C(C(=O)CCCCCCC)[SiH]1CCCCO1. The van der Waals surface area contributed by atoms with Gasteiger partial charge in [0, 0.05) is 19.4 Å². The third-order valence-corrected chi connectivity index (χ3v) is 8.46. The molecular weight excluding hydrogens is 328 g/mol. The quantitative estimate of drug-likeness (QED) is 0.210. The predicted octanol–water partition coefficient (Wildman–Crippen LogP) is 5.75. The summed E-state index contributed by atoms with van der Waals surface area (Å²) in [5, 5.41) is 0. The van der Waals surface area contributed by atoms with Crippen molar-refractivity contribution in [3.8, 4) is 0 Å². The number of carbonyl (C=O) groups excluding carboxylic acids is 2. The summed E-state index contributed by atoms with van der Waals surface area (Å²) >= 11 is 0. The lowest BCUT2D eigenvalue weighted by Crippen LogP contribution is -2.38. The van der Waals surface area contributed by atoms with E-state index in [1.165, 1.54) is 38.5 Å². The minimum atomic E-state index is -1.69. The fourth-order valence-corrected chi connectivity index (χ4v) is 6.75. The Morgan fingerprint density at radius 1 is 0.800 bits per heavy atom. The zero-order valence-electron chi connectivity index (χ0n) is 16.7. The molecule has 0 aliphatic carbocycles. The van der Waals surface area contributed by atoms with Crippen LogP contribution in [-0.2, 0) is 14.0 Å². The smallest absolute Gasteiger partial charge is 0.194 e. The van der Waals surface area contributed by atoms with Crippen LogP contribution in [0.25, 0.3) is 0 Å². The highest BCUT2D eigenvalue weighted by Gasteiger charge is 2.36. The molecule has 1 atom stereocenters. The molecular formula is C21H40O3Si. The molecule has 1 aliphatic rings. The van der Waals surface area contributed by atoms with Crippen LogP contribution in [0.15, 0.2) is 0 Å². The number of hydrogen-bond acceptors (Lipinski definition) is 3. The van der Waals surface area contributed by atoms with Crippen molar-refractivity contribution in [1.29, 1.82) is 0 Å². The Labute approximate surface area is 157 Å². The van der Waals surface area contributed by atoms with Crippen molar-refractivity contribution in [2.45, 2.75) is 115 Å². The maximum absolute atomic E-state index is 12.8. The summed E-state index contributed by atoms with van der Waals surface area (Å²) in [6.07, 6.45) is 14.9. The molecule has 0 amide bonds.